The molecule has 0 fully saturated rings. The molecule has 0 aliphatic rings. The normalized spacial score (nSPS) is 11.4. The summed E-state index contributed by atoms with van der Waals surface area (Å²) in [6.07, 6.45) is 8.51. The van der Waals surface area contributed by atoms with Crippen molar-refractivity contribution in [3.8, 4) is 0 Å². The van der Waals surface area contributed by atoms with Crippen LogP contribution in [0.1, 0.15) is 22.3 Å². The van der Waals surface area contributed by atoms with Crippen molar-refractivity contribution in [3.05, 3.63) is 104 Å². The molecule has 2 heteroatoms. The minimum Gasteiger partial charge on any atom is -0.0544 e. The highest BCUT2D eigenvalue weighted by atomic mass is 79.9. The molecule has 118 valence electrons. The van der Waals surface area contributed by atoms with Gasteiger partial charge in [0.1, 0.15) is 0 Å². The van der Waals surface area contributed by atoms with Gasteiger partial charge >= 0.3 is 0 Å². The van der Waals surface area contributed by atoms with E-state index in [2.05, 4.69) is 129 Å². The van der Waals surface area contributed by atoms with Crippen molar-refractivity contribution in [2.24, 2.45) is 0 Å². The second-order valence-electron chi connectivity index (χ2n) is 5.44. The quantitative estimate of drug-likeness (QED) is 0.368. The van der Waals surface area contributed by atoms with Crippen molar-refractivity contribution in [3.63, 3.8) is 0 Å². The molecule has 3 aromatic carbocycles. The molecule has 0 unspecified atom stereocenters. The van der Waals surface area contributed by atoms with Gasteiger partial charge in [0, 0.05) is 8.95 Å². The number of rotatable bonds is 4. The Hall–Kier alpha value is -1.90. The van der Waals surface area contributed by atoms with E-state index in [1.165, 1.54) is 22.3 Å². The molecule has 0 spiro atoms. The number of benzene rings is 3. The maximum Gasteiger partial charge on any atom is 0.0175 e. The molecule has 0 atom stereocenters. The van der Waals surface area contributed by atoms with Crippen molar-refractivity contribution in [2.45, 2.75) is 0 Å². The second-order valence-corrected chi connectivity index (χ2v) is 7.27. The lowest BCUT2D eigenvalue weighted by molar-refractivity contribution is 1.60. The first-order chi connectivity index (χ1) is 11.7. The van der Waals surface area contributed by atoms with Crippen LogP contribution in [0, 0.1) is 0 Å². The Labute approximate surface area is 159 Å². The molecule has 24 heavy (non-hydrogen) atoms. The summed E-state index contributed by atoms with van der Waals surface area (Å²) < 4.78 is 2.20. The van der Waals surface area contributed by atoms with E-state index in [0.29, 0.717) is 0 Å². The Balaban J connectivity index is 1.66. The van der Waals surface area contributed by atoms with E-state index in [-0.39, 0.29) is 0 Å². The van der Waals surface area contributed by atoms with Gasteiger partial charge in [-0.05, 0) is 46.5 Å². The van der Waals surface area contributed by atoms with Gasteiger partial charge in [-0.15, -0.1) is 0 Å². The molecular formula is C22H16Br2. The number of hydrogen-bond donors (Lipinski definition) is 0. The zero-order chi connectivity index (χ0) is 16.8. The summed E-state index contributed by atoms with van der Waals surface area (Å²) in [6.45, 7) is 0. The van der Waals surface area contributed by atoms with Gasteiger partial charge < -0.3 is 0 Å². The van der Waals surface area contributed by atoms with Crippen LogP contribution in [0.5, 0.6) is 0 Å². The fourth-order valence-corrected chi connectivity index (χ4v) is 2.78. The first-order valence-corrected chi connectivity index (χ1v) is 9.25. The van der Waals surface area contributed by atoms with E-state index < -0.39 is 0 Å². The van der Waals surface area contributed by atoms with Crippen LogP contribution >= 0.6 is 31.9 Å². The third kappa shape index (κ3) is 5.05. The van der Waals surface area contributed by atoms with Crippen LogP contribution in [-0.2, 0) is 0 Å². The average Bonchev–Trinajstić information content (AvgIpc) is 2.62. The third-order valence-electron chi connectivity index (χ3n) is 3.61. The van der Waals surface area contributed by atoms with Crippen molar-refractivity contribution in [2.75, 3.05) is 0 Å². The second kappa shape index (κ2) is 8.27. The van der Waals surface area contributed by atoms with Gasteiger partial charge in [0.15, 0.2) is 0 Å². The van der Waals surface area contributed by atoms with Crippen LogP contribution in [0.25, 0.3) is 24.3 Å². The smallest absolute Gasteiger partial charge is 0.0175 e. The lowest BCUT2D eigenvalue weighted by Crippen LogP contribution is -1.76. The molecule has 0 amide bonds. The molecule has 0 nitrogen and oxygen atoms in total. The fraction of sp³-hybridized carbons (Fsp3) is 0. The highest BCUT2D eigenvalue weighted by Gasteiger charge is 1.92. The van der Waals surface area contributed by atoms with Crippen molar-refractivity contribution < 1.29 is 0 Å². The zero-order valence-electron chi connectivity index (χ0n) is 13.0. The molecule has 0 saturated carbocycles. The fourth-order valence-electron chi connectivity index (χ4n) is 2.25. The molecule has 0 heterocycles. The summed E-state index contributed by atoms with van der Waals surface area (Å²) in [6, 6.07) is 25.1. The minimum atomic E-state index is 1.10. The van der Waals surface area contributed by atoms with Gasteiger partial charge in [-0.2, -0.15) is 0 Å². The van der Waals surface area contributed by atoms with E-state index in [1.807, 2.05) is 0 Å². The molecule has 0 saturated heterocycles. The first-order valence-electron chi connectivity index (χ1n) is 7.66. The summed E-state index contributed by atoms with van der Waals surface area (Å²) in [5.74, 6) is 0. The minimum absolute atomic E-state index is 1.10. The first kappa shape index (κ1) is 16.9. The molecule has 3 aromatic rings. The Bertz CT molecular complexity index is 765. The van der Waals surface area contributed by atoms with E-state index in [0.717, 1.165) is 8.95 Å². The van der Waals surface area contributed by atoms with Gasteiger partial charge in [0.2, 0.25) is 0 Å². The van der Waals surface area contributed by atoms with Gasteiger partial charge in [-0.3, -0.25) is 0 Å². The predicted molar refractivity (Wildman–Crippen MR) is 113 cm³/mol. The Morgan fingerprint density at radius 3 is 0.833 bits per heavy atom. The van der Waals surface area contributed by atoms with E-state index in [4.69, 9.17) is 0 Å². The topological polar surface area (TPSA) is 0 Å². The van der Waals surface area contributed by atoms with E-state index in [1.54, 1.807) is 0 Å². The third-order valence-corrected chi connectivity index (χ3v) is 4.67. The van der Waals surface area contributed by atoms with Crippen LogP contribution in [0.3, 0.4) is 0 Å². The molecule has 3 rings (SSSR count). The maximum atomic E-state index is 3.45. The lowest BCUT2D eigenvalue weighted by Gasteiger charge is -1.98. The lowest BCUT2D eigenvalue weighted by atomic mass is 10.1. The Morgan fingerprint density at radius 1 is 0.375 bits per heavy atom. The molecule has 0 aromatic heterocycles. The summed E-state index contributed by atoms with van der Waals surface area (Å²) in [5, 5.41) is 0. The zero-order valence-corrected chi connectivity index (χ0v) is 16.2. The summed E-state index contributed by atoms with van der Waals surface area (Å²) in [5.41, 5.74) is 4.77. The summed E-state index contributed by atoms with van der Waals surface area (Å²) in [7, 11) is 0. The molecular weight excluding hydrogens is 424 g/mol. The summed E-state index contributed by atoms with van der Waals surface area (Å²) >= 11 is 6.90. The number of halogens is 2. The standard InChI is InChI=1S/C22H16Br2/c23-21-13-9-19(10-14-21)7-5-17-1-2-18(4-3-17)6-8-20-11-15-22(24)16-12-20/h1-16H/b7-5-,8-6+. The van der Waals surface area contributed by atoms with Gasteiger partial charge in [-0.1, -0.05) is 105 Å². The molecule has 0 N–H and O–H groups in total. The van der Waals surface area contributed by atoms with E-state index in [9.17, 15) is 0 Å². The van der Waals surface area contributed by atoms with Crippen molar-refractivity contribution in [1.82, 2.24) is 0 Å². The van der Waals surface area contributed by atoms with Crippen LogP contribution < -0.4 is 0 Å². The molecule has 0 radical (unpaired) electrons. The SMILES string of the molecule is Brc1ccc(/C=C\c2ccc(/C=C/c3ccc(Br)cc3)cc2)cc1. The Morgan fingerprint density at radius 2 is 0.583 bits per heavy atom. The van der Waals surface area contributed by atoms with E-state index >= 15 is 0 Å². The van der Waals surface area contributed by atoms with Gasteiger partial charge in [0.25, 0.3) is 0 Å². The monoisotopic (exact) mass is 438 g/mol. The average molecular weight is 440 g/mol. The molecule has 0 aliphatic heterocycles. The van der Waals surface area contributed by atoms with Crippen LogP contribution in [-0.4, -0.2) is 0 Å². The predicted octanol–water partition coefficient (Wildman–Crippen LogP) is 7.55. The van der Waals surface area contributed by atoms with Gasteiger partial charge in [0.05, 0.1) is 0 Å². The maximum absolute atomic E-state index is 3.45. The van der Waals surface area contributed by atoms with Gasteiger partial charge in [-0.25, -0.2) is 0 Å². The highest BCUT2D eigenvalue weighted by molar-refractivity contribution is 9.10. The largest absolute Gasteiger partial charge is 0.0544 e. The highest BCUT2D eigenvalue weighted by Crippen LogP contribution is 2.16. The van der Waals surface area contributed by atoms with Crippen LogP contribution in [0.4, 0.5) is 0 Å². The van der Waals surface area contributed by atoms with Crippen molar-refractivity contribution in [1.29, 1.82) is 0 Å². The molecule has 0 aliphatic carbocycles. The Kier molecular flexibility index (Phi) is 5.84. The van der Waals surface area contributed by atoms with Crippen molar-refractivity contribution >= 4 is 56.2 Å². The molecule has 0 bridgehead atoms. The van der Waals surface area contributed by atoms with Crippen LogP contribution in [0.2, 0.25) is 0 Å². The number of hydrogen-bond acceptors (Lipinski definition) is 0. The summed E-state index contributed by atoms with van der Waals surface area (Å²) in [4.78, 5) is 0. The van der Waals surface area contributed by atoms with Crippen LogP contribution in [0.15, 0.2) is 81.7 Å².